The predicted molar refractivity (Wildman–Crippen MR) is 139 cm³/mol. The van der Waals surface area contributed by atoms with Crippen molar-refractivity contribution < 1.29 is 9.47 Å². The minimum Gasteiger partial charge on any atom is -0.489 e. The van der Waals surface area contributed by atoms with Crippen molar-refractivity contribution in [1.82, 2.24) is 24.6 Å². The molecule has 8 heteroatoms. The molecule has 6 rings (SSSR count). The smallest absolute Gasteiger partial charge is 0.154 e. The summed E-state index contributed by atoms with van der Waals surface area (Å²) in [5.41, 5.74) is 5.31. The molecule has 5 heterocycles. The van der Waals surface area contributed by atoms with Crippen LogP contribution in [0, 0.1) is 26.2 Å². The van der Waals surface area contributed by atoms with E-state index in [1.165, 1.54) is 25.7 Å². The first-order chi connectivity index (χ1) is 17.4. The lowest BCUT2D eigenvalue weighted by atomic mass is 9.84. The number of rotatable bonds is 6. The Kier molecular flexibility index (Phi) is 5.84. The lowest BCUT2D eigenvalue weighted by Crippen LogP contribution is -2.19. The Bertz CT molecular complexity index is 1390. The minimum atomic E-state index is 0.150. The number of ether oxygens (including phenoxy) is 2. The fourth-order valence-electron chi connectivity index (χ4n) is 5.68. The quantitative estimate of drug-likeness (QED) is 0.382. The van der Waals surface area contributed by atoms with Crippen molar-refractivity contribution >= 4 is 17.2 Å². The van der Waals surface area contributed by atoms with Gasteiger partial charge in [0.05, 0.1) is 24.4 Å². The summed E-state index contributed by atoms with van der Waals surface area (Å²) in [7, 11) is 0. The van der Waals surface area contributed by atoms with Crippen LogP contribution < -0.4 is 10.1 Å². The third-order valence-corrected chi connectivity index (χ3v) is 7.38. The molecule has 2 aliphatic rings. The van der Waals surface area contributed by atoms with Crippen molar-refractivity contribution in [3.8, 4) is 16.9 Å². The highest BCUT2D eigenvalue weighted by atomic mass is 16.5. The molecule has 186 valence electrons. The summed E-state index contributed by atoms with van der Waals surface area (Å²) in [6.45, 7) is 7.28. The van der Waals surface area contributed by atoms with Crippen molar-refractivity contribution in [3.05, 3.63) is 59.9 Å². The van der Waals surface area contributed by atoms with Crippen molar-refractivity contribution in [2.45, 2.75) is 59.0 Å². The van der Waals surface area contributed by atoms with Gasteiger partial charge in [0.25, 0.3) is 0 Å². The van der Waals surface area contributed by atoms with Crippen molar-refractivity contribution in [3.63, 3.8) is 0 Å². The number of aromatic nitrogens is 5. The van der Waals surface area contributed by atoms with E-state index in [-0.39, 0.29) is 6.10 Å². The first-order valence-corrected chi connectivity index (χ1v) is 12.7. The van der Waals surface area contributed by atoms with Gasteiger partial charge in [-0.15, -0.1) is 0 Å². The van der Waals surface area contributed by atoms with E-state index in [2.05, 4.69) is 43.6 Å². The fourth-order valence-corrected chi connectivity index (χ4v) is 5.68. The van der Waals surface area contributed by atoms with E-state index < -0.39 is 0 Å². The molecule has 0 unspecified atom stereocenters. The van der Waals surface area contributed by atoms with Gasteiger partial charge in [0.15, 0.2) is 5.82 Å². The molecule has 1 spiro atoms. The Labute approximate surface area is 211 Å². The summed E-state index contributed by atoms with van der Waals surface area (Å²) in [5, 5.41) is 7.95. The molecule has 0 aromatic carbocycles. The maximum absolute atomic E-state index is 6.32. The summed E-state index contributed by atoms with van der Waals surface area (Å²) in [6.07, 6.45) is 10.3. The number of nitrogens with one attached hydrogen (secondary N) is 1. The van der Waals surface area contributed by atoms with E-state index in [4.69, 9.17) is 9.47 Å². The zero-order valence-corrected chi connectivity index (χ0v) is 21.1. The molecule has 36 heavy (non-hydrogen) atoms. The average molecular weight is 485 g/mol. The number of nitrogens with zero attached hydrogens (tertiary/aromatic N) is 5. The van der Waals surface area contributed by atoms with Crippen LogP contribution in [0.4, 0.5) is 11.6 Å². The molecule has 1 aliphatic heterocycles. The van der Waals surface area contributed by atoms with Gasteiger partial charge in [0.2, 0.25) is 0 Å². The van der Waals surface area contributed by atoms with Gasteiger partial charge in [0, 0.05) is 35.3 Å². The molecule has 1 saturated heterocycles. The third-order valence-electron chi connectivity index (χ3n) is 7.38. The number of fused-ring (bicyclic) bond motifs is 1. The lowest BCUT2D eigenvalue weighted by molar-refractivity contribution is 0.0608. The van der Waals surface area contributed by atoms with Gasteiger partial charge in [0.1, 0.15) is 24.0 Å². The van der Waals surface area contributed by atoms with Gasteiger partial charge in [-0.25, -0.2) is 14.5 Å². The second-order valence-corrected chi connectivity index (χ2v) is 10.4. The lowest BCUT2D eigenvalue weighted by Gasteiger charge is -2.20. The molecule has 0 radical (unpaired) electrons. The highest BCUT2D eigenvalue weighted by Crippen LogP contribution is 2.46. The Morgan fingerprint density at radius 2 is 1.92 bits per heavy atom. The maximum atomic E-state index is 6.32. The molecule has 1 aliphatic carbocycles. The largest absolute Gasteiger partial charge is 0.489 e. The van der Waals surface area contributed by atoms with Gasteiger partial charge in [-0.05, 0) is 69.2 Å². The van der Waals surface area contributed by atoms with Gasteiger partial charge in [-0.2, -0.15) is 5.10 Å². The van der Waals surface area contributed by atoms with Crippen molar-refractivity contribution in [2.75, 3.05) is 18.5 Å². The molecule has 1 atom stereocenters. The molecule has 0 amide bonds. The maximum Gasteiger partial charge on any atom is 0.154 e. The first kappa shape index (κ1) is 22.9. The van der Waals surface area contributed by atoms with Crippen LogP contribution in [0.3, 0.4) is 0 Å². The van der Waals surface area contributed by atoms with E-state index in [1.807, 2.05) is 49.8 Å². The molecule has 1 N–H and O–H groups in total. The summed E-state index contributed by atoms with van der Waals surface area (Å²) >= 11 is 0. The summed E-state index contributed by atoms with van der Waals surface area (Å²) in [4.78, 5) is 13.3. The van der Waals surface area contributed by atoms with Crippen LogP contribution in [0.25, 0.3) is 16.6 Å². The zero-order valence-electron chi connectivity index (χ0n) is 21.1. The molecule has 0 bridgehead atoms. The SMILES string of the molecule is Cc1cc(-c2ccn3nc(Nc4cc(C)nc(C)n4)cc3c2)c(OC[C@H]2CC3(CCCC3)CO2)cn1. The van der Waals surface area contributed by atoms with E-state index in [9.17, 15) is 0 Å². The second kappa shape index (κ2) is 9.17. The van der Waals surface area contributed by atoms with Crippen LogP contribution >= 0.6 is 0 Å². The predicted octanol–water partition coefficient (Wildman–Crippen LogP) is 5.58. The summed E-state index contributed by atoms with van der Waals surface area (Å²) in [5.74, 6) is 2.97. The van der Waals surface area contributed by atoms with Crippen LogP contribution in [-0.2, 0) is 4.74 Å². The molecule has 4 aromatic rings. The molecule has 2 fully saturated rings. The van der Waals surface area contributed by atoms with Crippen molar-refractivity contribution in [1.29, 1.82) is 0 Å². The molecular weight excluding hydrogens is 452 g/mol. The monoisotopic (exact) mass is 484 g/mol. The number of aryl methyl sites for hydroxylation is 3. The minimum absolute atomic E-state index is 0.150. The highest BCUT2D eigenvalue weighted by Gasteiger charge is 2.42. The highest BCUT2D eigenvalue weighted by molar-refractivity contribution is 5.75. The van der Waals surface area contributed by atoms with E-state index in [1.54, 1.807) is 0 Å². The Morgan fingerprint density at radius 3 is 2.75 bits per heavy atom. The Hall–Kier alpha value is -3.52. The van der Waals surface area contributed by atoms with Crippen LogP contribution in [-0.4, -0.2) is 43.9 Å². The fraction of sp³-hybridized carbons (Fsp3) is 0.429. The third kappa shape index (κ3) is 4.65. The van der Waals surface area contributed by atoms with E-state index in [0.29, 0.717) is 12.0 Å². The van der Waals surface area contributed by atoms with Crippen molar-refractivity contribution in [2.24, 2.45) is 5.41 Å². The summed E-state index contributed by atoms with van der Waals surface area (Å²) < 4.78 is 14.3. The number of hydrogen-bond acceptors (Lipinski definition) is 7. The standard InChI is InChI=1S/C28H32N6O2/c1-18-10-24(25(15-29-18)35-16-23-14-28(17-36-23)7-4-5-8-28)21-6-9-34-22(12-21)13-27(33-34)32-26-11-19(2)30-20(3)31-26/h6,9-13,15,23H,4-5,7-8,14,16-17H2,1-3H3,(H,30,31,32,33)/t23-/m1/s1. The summed E-state index contributed by atoms with van der Waals surface area (Å²) in [6, 6.07) is 10.2. The van der Waals surface area contributed by atoms with Gasteiger partial charge >= 0.3 is 0 Å². The van der Waals surface area contributed by atoms with Crippen LogP contribution in [0.15, 0.2) is 42.7 Å². The van der Waals surface area contributed by atoms with Crippen LogP contribution in [0.2, 0.25) is 0 Å². The normalized spacial score (nSPS) is 18.8. The number of anilines is 2. The Balaban J connectivity index is 1.22. The van der Waals surface area contributed by atoms with E-state index in [0.717, 1.165) is 64.3 Å². The van der Waals surface area contributed by atoms with Gasteiger partial charge < -0.3 is 14.8 Å². The molecular formula is C28H32N6O2. The molecule has 4 aromatic heterocycles. The number of hydrogen-bond donors (Lipinski definition) is 1. The molecule has 1 saturated carbocycles. The molecule has 8 nitrogen and oxygen atoms in total. The number of pyridine rings is 2. The average Bonchev–Trinajstić information content (AvgIpc) is 3.57. The van der Waals surface area contributed by atoms with Crippen LogP contribution in [0.1, 0.15) is 49.3 Å². The first-order valence-electron chi connectivity index (χ1n) is 12.7. The van der Waals surface area contributed by atoms with Crippen LogP contribution in [0.5, 0.6) is 5.75 Å². The van der Waals surface area contributed by atoms with Gasteiger partial charge in [-0.1, -0.05) is 12.8 Å². The second-order valence-electron chi connectivity index (χ2n) is 10.4. The Morgan fingerprint density at radius 1 is 1.06 bits per heavy atom. The van der Waals surface area contributed by atoms with Gasteiger partial charge in [-0.3, -0.25) is 4.98 Å². The zero-order chi connectivity index (χ0) is 24.7. The topological polar surface area (TPSA) is 86.5 Å². The van der Waals surface area contributed by atoms with E-state index >= 15 is 0 Å².